The maximum Gasteiger partial charge on any atom is 0.266 e. The summed E-state index contributed by atoms with van der Waals surface area (Å²) in [4.78, 5) is 12.6. The van der Waals surface area contributed by atoms with Crippen molar-refractivity contribution in [2.24, 2.45) is 0 Å². The summed E-state index contributed by atoms with van der Waals surface area (Å²) in [5.74, 6) is 0.848. The number of halogens is 1. The van der Waals surface area contributed by atoms with Crippen molar-refractivity contribution < 1.29 is 14.3 Å². The zero-order valence-corrected chi connectivity index (χ0v) is 20.1. The molecule has 4 aromatic rings. The fourth-order valence-electron chi connectivity index (χ4n) is 3.33. The summed E-state index contributed by atoms with van der Waals surface area (Å²) < 4.78 is 11.5. The van der Waals surface area contributed by atoms with Gasteiger partial charge in [-0.15, -0.1) is 0 Å². The number of benzene rings is 4. The summed E-state index contributed by atoms with van der Waals surface area (Å²) in [6.07, 6.45) is 1.54. The number of anilines is 1. The number of rotatable bonds is 9. The summed E-state index contributed by atoms with van der Waals surface area (Å²) in [6.45, 7) is 0.800. The number of hydrogen-bond donors (Lipinski definition) is 1. The van der Waals surface area contributed by atoms with Crippen LogP contribution < -0.4 is 14.8 Å². The van der Waals surface area contributed by atoms with Crippen molar-refractivity contribution in [2.75, 3.05) is 5.32 Å². The third kappa shape index (κ3) is 6.99. The van der Waals surface area contributed by atoms with Gasteiger partial charge in [-0.05, 0) is 59.7 Å². The number of amides is 1. The fourth-order valence-corrected chi connectivity index (χ4v) is 3.52. The van der Waals surface area contributed by atoms with E-state index < -0.39 is 5.91 Å². The van der Waals surface area contributed by atoms with Gasteiger partial charge in [-0.1, -0.05) is 72.3 Å². The average molecular weight is 495 g/mol. The number of nitrogens with one attached hydrogen (secondary N) is 1. The molecular formula is C30H23ClN2O3. The van der Waals surface area contributed by atoms with E-state index in [0.717, 1.165) is 16.7 Å². The highest BCUT2D eigenvalue weighted by molar-refractivity contribution is 6.31. The quantitative estimate of drug-likeness (QED) is 0.200. The van der Waals surface area contributed by atoms with Gasteiger partial charge in [0.05, 0.1) is 0 Å². The first-order chi connectivity index (χ1) is 17.6. The molecule has 0 radical (unpaired) electrons. The van der Waals surface area contributed by atoms with Crippen molar-refractivity contribution in [3.05, 3.63) is 130 Å². The molecule has 0 unspecified atom stereocenters. The highest BCUT2D eigenvalue weighted by Gasteiger charge is 2.10. The minimum Gasteiger partial charge on any atom is -0.489 e. The standard InChI is InChI=1S/C30H23ClN2O3/c31-29-9-5-4-8-24(29)21-36-28-16-12-26(13-17-28)33-30(34)25(19-32)18-22-10-14-27(15-11-22)35-20-23-6-2-1-3-7-23/h1-18H,20-21H2,(H,33,34)/b25-18+. The van der Waals surface area contributed by atoms with Gasteiger partial charge in [0.2, 0.25) is 0 Å². The second kappa shape index (κ2) is 12.3. The van der Waals surface area contributed by atoms with Crippen LogP contribution in [-0.2, 0) is 18.0 Å². The van der Waals surface area contributed by atoms with Crippen molar-refractivity contribution in [2.45, 2.75) is 13.2 Å². The van der Waals surface area contributed by atoms with E-state index in [0.29, 0.717) is 35.4 Å². The molecule has 5 nitrogen and oxygen atoms in total. The van der Waals surface area contributed by atoms with E-state index in [4.69, 9.17) is 21.1 Å². The molecule has 0 aliphatic carbocycles. The summed E-state index contributed by atoms with van der Waals surface area (Å²) in [5, 5.41) is 12.9. The number of carbonyl (C=O) groups excluding carboxylic acids is 1. The average Bonchev–Trinajstić information content (AvgIpc) is 2.92. The van der Waals surface area contributed by atoms with E-state index in [1.54, 1.807) is 36.4 Å². The van der Waals surface area contributed by atoms with Gasteiger partial charge in [-0.2, -0.15) is 5.26 Å². The van der Waals surface area contributed by atoms with Crippen molar-refractivity contribution in [1.82, 2.24) is 0 Å². The zero-order valence-electron chi connectivity index (χ0n) is 19.4. The lowest BCUT2D eigenvalue weighted by Gasteiger charge is -2.09. The van der Waals surface area contributed by atoms with Gasteiger partial charge in [-0.25, -0.2) is 0 Å². The van der Waals surface area contributed by atoms with Crippen LogP contribution in [0.1, 0.15) is 16.7 Å². The molecule has 0 aromatic heterocycles. The van der Waals surface area contributed by atoms with E-state index in [1.807, 2.05) is 72.8 Å². The van der Waals surface area contributed by atoms with Crippen LogP contribution in [0.3, 0.4) is 0 Å². The van der Waals surface area contributed by atoms with Gasteiger partial charge in [0.1, 0.15) is 36.4 Å². The smallest absolute Gasteiger partial charge is 0.266 e. The third-order valence-corrected chi connectivity index (χ3v) is 5.64. The Morgan fingerprint density at radius 1 is 0.806 bits per heavy atom. The molecule has 0 aliphatic rings. The topological polar surface area (TPSA) is 71.3 Å². The Balaban J connectivity index is 1.32. The minimum absolute atomic E-state index is 0.00741. The molecule has 178 valence electrons. The number of hydrogen-bond acceptors (Lipinski definition) is 4. The lowest BCUT2D eigenvalue weighted by molar-refractivity contribution is -0.112. The van der Waals surface area contributed by atoms with E-state index in [-0.39, 0.29) is 5.57 Å². The Labute approximate surface area is 215 Å². The Morgan fingerprint density at radius 2 is 1.42 bits per heavy atom. The Kier molecular flexibility index (Phi) is 8.37. The first-order valence-corrected chi connectivity index (χ1v) is 11.6. The third-order valence-electron chi connectivity index (χ3n) is 5.27. The van der Waals surface area contributed by atoms with Crippen molar-refractivity contribution in [1.29, 1.82) is 5.26 Å². The largest absolute Gasteiger partial charge is 0.489 e. The van der Waals surface area contributed by atoms with E-state index >= 15 is 0 Å². The second-order valence-electron chi connectivity index (χ2n) is 7.87. The Bertz CT molecular complexity index is 1380. The van der Waals surface area contributed by atoms with Gasteiger partial charge in [0, 0.05) is 16.3 Å². The van der Waals surface area contributed by atoms with E-state index in [2.05, 4.69) is 5.32 Å². The second-order valence-corrected chi connectivity index (χ2v) is 8.28. The highest BCUT2D eigenvalue weighted by atomic mass is 35.5. The molecule has 0 aliphatic heterocycles. The molecule has 0 atom stereocenters. The van der Waals surface area contributed by atoms with Crippen LogP contribution in [0, 0.1) is 11.3 Å². The molecule has 1 N–H and O–H groups in total. The van der Waals surface area contributed by atoms with Crippen LogP contribution in [0.15, 0.2) is 109 Å². The van der Waals surface area contributed by atoms with Gasteiger partial charge >= 0.3 is 0 Å². The molecule has 36 heavy (non-hydrogen) atoms. The summed E-state index contributed by atoms with van der Waals surface area (Å²) in [5.41, 5.74) is 3.22. The van der Waals surface area contributed by atoms with Crippen molar-refractivity contribution >= 4 is 29.3 Å². The van der Waals surface area contributed by atoms with Crippen molar-refractivity contribution in [3.8, 4) is 17.6 Å². The van der Waals surface area contributed by atoms with Crippen LogP contribution in [-0.4, -0.2) is 5.91 Å². The number of nitriles is 1. The SMILES string of the molecule is N#C/C(=C\c1ccc(OCc2ccccc2)cc1)C(=O)Nc1ccc(OCc2ccccc2Cl)cc1. The lowest BCUT2D eigenvalue weighted by atomic mass is 10.1. The molecule has 0 heterocycles. The molecule has 0 bridgehead atoms. The molecule has 4 aromatic carbocycles. The van der Waals surface area contributed by atoms with Crippen LogP contribution in [0.25, 0.3) is 6.08 Å². The molecule has 6 heteroatoms. The monoisotopic (exact) mass is 494 g/mol. The fraction of sp³-hybridized carbons (Fsp3) is 0.0667. The van der Waals surface area contributed by atoms with Gasteiger partial charge in [-0.3, -0.25) is 4.79 Å². The highest BCUT2D eigenvalue weighted by Crippen LogP contribution is 2.21. The van der Waals surface area contributed by atoms with E-state index in [1.165, 1.54) is 6.08 Å². The van der Waals surface area contributed by atoms with Gasteiger partial charge in [0.25, 0.3) is 5.91 Å². The molecule has 1 amide bonds. The molecule has 0 spiro atoms. The molecule has 4 rings (SSSR count). The van der Waals surface area contributed by atoms with Gasteiger partial charge < -0.3 is 14.8 Å². The Hall–Kier alpha value is -4.53. The minimum atomic E-state index is -0.494. The molecule has 0 saturated heterocycles. The van der Waals surface area contributed by atoms with Crippen LogP contribution in [0.5, 0.6) is 11.5 Å². The van der Waals surface area contributed by atoms with Crippen molar-refractivity contribution in [3.63, 3.8) is 0 Å². The first kappa shape index (κ1) is 24.6. The van der Waals surface area contributed by atoms with Crippen LogP contribution >= 0.6 is 11.6 Å². The van der Waals surface area contributed by atoms with E-state index in [9.17, 15) is 10.1 Å². The summed E-state index contributed by atoms with van der Waals surface area (Å²) >= 11 is 6.15. The lowest BCUT2D eigenvalue weighted by Crippen LogP contribution is -2.13. The summed E-state index contributed by atoms with van der Waals surface area (Å²) in [6, 6.07) is 33.5. The summed E-state index contributed by atoms with van der Waals surface area (Å²) in [7, 11) is 0. The molecule has 0 saturated carbocycles. The Morgan fingerprint density at radius 3 is 2.08 bits per heavy atom. The molecule has 0 fully saturated rings. The van der Waals surface area contributed by atoms with Gasteiger partial charge in [0.15, 0.2) is 0 Å². The number of nitrogens with zero attached hydrogens (tertiary/aromatic N) is 1. The maximum atomic E-state index is 12.6. The zero-order chi connectivity index (χ0) is 25.2. The maximum absolute atomic E-state index is 12.6. The predicted molar refractivity (Wildman–Crippen MR) is 142 cm³/mol. The van der Waals surface area contributed by atoms with Crippen LogP contribution in [0.2, 0.25) is 5.02 Å². The number of carbonyl (C=O) groups is 1. The molecular weight excluding hydrogens is 472 g/mol. The number of ether oxygens (including phenoxy) is 2. The first-order valence-electron chi connectivity index (χ1n) is 11.3. The van der Waals surface area contributed by atoms with Crippen LogP contribution in [0.4, 0.5) is 5.69 Å². The normalized spacial score (nSPS) is 10.8. The predicted octanol–water partition coefficient (Wildman–Crippen LogP) is 7.04.